The Balaban J connectivity index is 3.27. The topological polar surface area (TPSA) is 70.3 Å². The number of nitrogens with zero attached hydrogens (tertiary/aromatic N) is 1. The number of hydrogen-bond acceptors (Lipinski definition) is 4. The lowest BCUT2D eigenvalue weighted by Gasteiger charge is -2.08. The van der Waals surface area contributed by atoms with E-state index in [1.54, 1.807) is 13.0 Å². The predicted molar refractivity (Wildman–Crippen MR) is 60.7 cm³/mol. The lowest BCUT2D eigenvalue weighted by Crippen LogP contribution is -2.08. The Labute approximate surface area is 102 Å². The van der Waals surface area contributed by atoms with Crippen molar-refractivity contribution < 1.29 is 14.6 Å². The third-order valence-corrected chi connectivity index (χ3v) is 2.91. The lowest BCUT2D eigenvalue weighted by atomic mass is 10.1. The van der Waals surface area contributed by atoms with Crippen LogP contribution in [0.5, 0.6) is 0 Å². The van der Waals surface area contributed by atoms with Gasteiger partial charge in [-0.2, -0.15) is 5.26 Å². The maximum Gasteiger partial charge on any atom is 0.339 e. The van der Waals surface area contributed by atoms with Gasteiger partial charge >= 0.3 is 5.97 Å². The molecular weight excluding hydrogens is 274 g/mol. The lowest BCUT2D eigenvalue weighted by molar-refractivity contribution is 0.0526. The first-order valence-electron chi connectivity index (χ1n) is 4.65. The maximum absolute atomic E-state index is 11.5. The third-order valence-electron chi connectivity index (χ3n) is 2.00. The summed E-state index contributed by atoms with van der Waals surface area (Å²) in [6.07, 6.45) is 0. The molecule has 16 heavy (non-hydrogen) atoms. The summed E-state index contributed by atoms with van der Waals surface area (Å²) in [5, 5.41) is 18.0. The Hall–Kier alpha value is -1.38. The van der Waals surface area contributed by atoms with E-state index >= 15 is 0 Å². The van der Waals surface area contributed by atoms with Crippen LogP contribution in [0.4, 0.5) is 0 Å². The number of carbonyl (C=O) groups excluding carboxylic acids is 1. The van der Waals surface area contributed by atoms with E-state index in [4.69, 9.17) is 15.1 Å². The van der Waals surface area contributed by atoms with Gasteiger partial charge in [-0.3, -0.25) is 0 Å². The number of rotatable bonds is 3. The second kappa shape index (κ2) is 5.64. The normalized spacial score (nSPS) is 9.62. The second-order valence-corrected chi connectivity index (χ2v) is 3.74. The fourth-order valence-electron chi connectivity index (χ4n) is 1.23. The van der Waals surface area contributed by atoms with E-state index in [2.05, 4.69) is 15.9 Å². The minimum Gasteiger partial charge on any atom is -0.462 e. The molecule has 1 aromatic rings. The van der Waals surface area contributed by atoms with Crippen LogP contribution in [0.3, 0.4) is 0 Å². The molecule has 0 heterocycles. The first-order valence-corrected chi connectivity index (χ1v) is 5.44. The average molecular weight is 284 g/mol. The first-order chi connectivity index (χ1) is 7.65. The first kappa shape index (κ1) is 12.7. The van der Waals surface area contributed by atoms with Crippen molar-refractivity contribution in [1.82, 2.24) is 0 Å². The van der Waals surface area contributed by atoms with Gasteiger partial charge in [0.1, 0.15) is 6.07 Å². The molecule has 1 N–H and O–H groups in total. The summed E-state index contributed by atoms with van der Waals surface area (Å²) in [4.78, 5) is 11.5. The zero-order valence-corrected chi connectivity index (χ0v) is 10.2. The van der Waals surface area contributed by atoms with Crippen LogP contribution >= 0.6 is 15.9 Å². The highest BCUT2D eigenvalue weighted by Crippen LogP contribution is 2.25. The van der Waals surface area contributed by atoms with Gasteiger partial charge in [0.15, 0.2) is 0 Å². The van der Waals surface area contributed by atoms with E-state index in [1.807, 2.05) is 6.07 Å². The molecule has 5 heteroatoms. The molecule has 0 fully saturated rings. The van der Waals surface area contributed by atoms with E-state index in [9.17, 15) is 4.79 Å². The van der Waals surface area contributed by atoms with Gasteiger partial charge in [-0.05, 0) is 34.5 Å². The standard InChI is InChI=1S/C11H10BrNO3/c1-2-16-11(15)8-4-3-7(6-14)10(12)9(8)5-13/h3-4,14H,2,6H2,1H3. The van der Waals surface area contributed by atoms with E-state index in [0.717, 1.165) is 0 Å². The van der Waals surface area contributed by atoms with Gasteiger partial charge in [0, 0.05) is 4.47 Å². The van der Waals surface area contributed by atoms with Gasteiger partial charge < -0.3 is 9.84 Å². The zero-order chi connectivity index (χ0) is 12.1. The van der Waals surface area contributed by atoms with Gasteiger partial charge in [-0.1, -0.05) is 6.07 Å². The summed E-state index contributed by atoms with van der Waals surface area (Å²) in [6, 6.07) is 4.98. The highest BCUT2D eigenvalue weighted by molar-refractivity contribution is 9.10. The molecule has 0 aliphatic heterocycles. The second-order valence-electron chi connectivity index (χ2n) is 2.95. The monoisotopic (exact) mass is 283 g/mol. The molecule has 0 radical (unpaired) electrons. The van der Waals surface area contributed by atoms with Crippen LogP contribution in [0.2, 0.25) is 0 Å². The van der Waals surface area contributed by atoms with Crippen molar-refractivity contribution >= 4 is 21.9 Å². The molecule has 0 unspecified atom stereocenters. The number of esters is 1. The minimum absolute atomic E-state index is 0.185. The molecule has 0 saturated carbocycles. The van der Waals surface area contributed by atoms with Gasteiger partial charge in [0.05, 0.1) is 24.3 Å². The van der Waals surface area contributed by atoms with E-state index in [0.29, 0.717) is 10.0 Å². The van der Waals surface area contributed by atoms with Crippen molar-refractivity contribution in [1.29, 1.82) is 5.26 Å². The van der Waals surface area contributed by atoms with Crippen molar-refractivity contribution in [3.63, 3.8) is 0 Å². The molecule has 1 rings (SSSR count). The fourth-order valence-corrected chi connectivity index (χ4v) is 1.79. The van der Waals surface area contributed by atoms with Crippen LogP contribution in [0.15, 0.2) is 16.6 Å². The number of carbonyl (C=O) groups is 1. The summed E-state index contributed by atoms with van der Waals surface area (Å²) in [7, 11) is 0. The quantitative estimate of drug-likeness (QED) is 0.862. The zero-order valence-electron chi connectivity index (χ0n) is 8.66. The van der Waals surface area contributed by atoms with E-state index in [-0.39, 0.29) is 24.3 Å². The number of halogens is 1. The molecular formula is C11H10BrNO3. The maximum atomic E-state index is 11.5. The van der Waals surface area contributed by atoms with Gasteiger partial charge in [0.25, 0.3) is 0 Å². The number of benzene rings is 1. The van der Waals surface area contributed by atoms with Crippen molar-refractivity contribution in [2.45, 2.75) is 13.5 Å². The molecule has 0 aliphatic rings. The van der Waals surface area contributed by atoms with Crippen LogP contribution in [0.25, 0.3) is 0 Å². The predicted octanol–water partition coefficient (Wildman–Crippen LogP) is 1.99. The number of ether oxygens (including phenoxy) is 1. The summed E-state index contributed by atoms with van der Waals surface area (Å²) >= 11 is 3.18. The number of nitriles is 1. The Morgan fingerprint density at radius 3 is 2.81 bits per heavy atom. The Bertz CT molecular complexity index is 451. The fraction of sp³-hybridized carbons (Fsp3) is 0.273. The van der Waals surface area contributed by atoms with Crippen molar-refractivity contribution in [3.8, 4) is 6.07 Å². The number of hydrogen-bond donors (Lipinski definition) is 1. The van der Waals surface area contributed by atoms with Crippen LogP contribution in [-0.2, 0) is 11.3 Å². The van der Waals surface area contributed by atoms with Crippen LogP contribution < -0.4 is 0 Å². The van der Waals surface area contributed by atoms with Crippen molar-refractivity contribution in [2.75, 3.05) is 6.61 Å². The SMILES string of the molecule is CCOC(=O)c1ccc(CO)c(Br)c1C#N. The molecule has 0 bridgehead atoms. The molecule has 4 nitrogen and oxygen atoms in total. The van der Waals surface area contributed by atoms with Crippen LogP contribution in [0.1, 0.15) is 28.4 Å². The largest absolute Gasteiger partial charge is 0.462 e. The Morgan fingerprint density at radius 1 is 1.62 bits per heavy atom. The summed E-state index contributed by atoms with van der Waals surface area (Å²) in [5.41, 5.74) is 0.947. The van der Waals surface area contributed by atoms with Gasteiger partial charge in [-0.15, -0.1) is 0 Å². The Kier molecular flexibility index (Phi) is 4.47. The molecule has 1 aromatic carbocycles. The molecule has 0 amide bonds. The summed E-state index contributed by atoms with van der Waals surface area (Å²) in [5.74, 6) is -0.538. The van der Waals surface area contributed by atoms with E-state index < -0.39 is 5.97 Å². The van der Waals surface area contributed by atoms with Gasteiger partial charge in [0.2, 0.25) is 0 Å². The number of aliphatic hydroxyl groups excluding tert-OH is 1. The smallest absolute Gasteiger partial charge is 0.339 e. The van der Waals surface area contributed by atoms with Crippen molar-refractivity contribution in [3.05, 3.63) is 33.3 Å². The van der Waals surface area contributed by atoms with Gasteiger partial charge in [-0.25, -0.2) is 4.79 Å². The molecule has 84 valence electrons. The average Bonchev–Trinajstić information content (AvgIpc) is 2.28. The summed E-state index contributed by atoms with van der Waals surface area (Å²) < 4.78 is 5.26. The van der Waals surface area contributed by atoms with Crippen LogP contribution in [-0.4, -0.2) is 17.7 Å². The van der Waals surface area contributed by atoms with Crippen LogP contribution in [0, 0.1) is 11.3 Å². The highest BCUT2D eigenvalue weighted by atomic mass is 79.9. The molecule has 0 saturated heterocycles. The third kappa shape index (κ3) is 2.40. The molecule has 0 aliphatic carbocycles. The highest BCUT2D eigenvalue weighted by Gasteiger charge is 2.17. The minimum atomic E-state index is -0.538. The molecule has 0 spiro atoms. The van der Waals surface area contributed by atoms with E-state index in [1.165, 1.54) is 6.07 Å². The Morgan fingerprint density at radius 2 is 2.31 bits per heavy atom. The van der Waals surface area contributed by atoms with Crippen molar-refractivity contribution in [2.24, 2.45) is 0 Å². The molecule has 0 atom stereocenters. The number of aliphatic hydroxyl groups is 1. The molecule has 0 aromatic heterocycles. The summed E-state index contributed by atoms with van der Waals surface area (Å²) in [6.45, 7) is 1.75.